The number of benzene rings is 1. The van der Waals surface area contributed by atoms with E-state index in [0.717, 1.165) is 39.1 Å². The van der Waals surface area contributed by atoms with Crippen molar-refractivity contribution in [2.45, 2.75) is 19.9 Å². The van der Waals surface area contributed by atoms with E-state index in [9.17, 15) is 4.79 Å². The Kier molecular flexibility index (Phi) is 5.21. The molecule has 1 aliphatic rings. The summed E-state index contributed by atoms with van der Waals surface area (Å²) in [4.78, 5) is 15.9. The molecule has 1 aliphatic heterocycles. The maximum absolute atomic E-state index is 11.7. The molecule has 1 amide bonds. The maximum atomic E-state index is 11.7. The summed E-state index contributed by atoms with van der Waals surface area (Å²) in [6.45, 7) is 6.74. The van der Waals surface area contributed by atoms with Gasteiger partial charge in [0.05, 0.1) is 6.61 Å². The molecule has 0 unspecified atom stereocenters. The molecule has 0 N–H and O–H groups in total. The first-order valence-electron chi connectivity index (χ1n) is 6.97. The van der Waals surface area contributed by atoms with Crippen LogP contribution < -0.4 is 0 Å². The summed E-state index contributed by atoms with van der Waals surface area (Å²) in [5.74, 6) is 0. The minimum absolute atomic E-state index is 0.177. The molecule has 0 radical (unpaired) electrons. The van der Waals surface area contributed by atoms with Gasteiger partial charge in [0.15, 0.2) is 0 Å². The lowest BCUT2D eigenvalue weighted by Gasteiger charge is -2.21. The predicted molar refractivity (Wildman–Crippen MR) is 74.9 cm³/mol. The van der Waals surface area contributed by atoms with Gasteiger partial charge in [-0.2, -0.15) is 0 Å². The topological polar surface area (TPSA) is 32.8 Å². The standard InChI is InChI=1S/C15H22N2O2/c1-2-19-15(18)17-10-6-9-16(11-12-17)13-14-7-4-3-5-8-14/h3-5,7-8H,2,6,9-13H2,1H3. The van der Waals surface area contributed by atoms with Crippen LogP contribution in [0.1, 0.15) is 18.9 Å². The molecule has 4 nitrogen and oxygen atoms in total. The lowest BCUT2D eigenvalue weighted by atomic mass is 10.2. The molecule has 0 spiro atoms. The predicted octanol–water partition coefficient (Wildman–Crippen LogP) is 2.35. The highest BCUT2D eigenvalue weighted by Gasteiger charge is 2.19. The summed E-state index contributed by atoms with van der Waals surface area (Å²) < 4.78 is 5.06. The SMILES string of the molecule is CCOC(=O)N1CCCN(Cc2ccccc2)CC1. The van der Waals surface area contributed by atoms with Gasteiger partial charge in [-0.1, -0.05) is 30.3 Å². The van der Waals surface area contributed by atoms with Crippen molar-refractivity contribution in [3.8, 4) is 0 Å². The zero-order valence-electron chi connectivity index (χ0n) is 11.5. The molecule has 0 saturated carbocycles. The van der Waals surface area contributed by atoms with Crippen LogP contribution in [-0.2, 0) is 11.3 Å². The van der Waals surface area contributed by atoms with Crippen LogP contribution >= 0.6 is 0 Å². The Morgan fingerprint density at radius 1 is 1.16 bits per heavy atom. The van der Waals surface area contributed by atoms with Crippen LogP contribution in [0.4, 0.5) is 4.79 Å². The number of hydrogen-bond acceptors (Lipinski definition) is 3. The Balaban J connectivity index is 1.85. The monoisotopic (exact) mass is 262 g/mol. The molecule has 0 aliphatic carbocycles. The average molecular weight is 262 g/mol. The molecule has 0 bridgehead atoms. The van der Waals surface area contributed by atoms with E-state index in [1.54, 1.807) is 0 Å². The fourth-order valence-electron chi connectivity index (χ4n) is 2.37. The molecule has 1 aromatic carbocycles. The fraction of sp³-hybridized carbons (Fsp3) is 0.533. The Bertz CT molecular complexity index is 394. The molecule has 1 heterocycles. The minimum Gasteiger partial charge on any atom is -0.450 e. The zero-order valence-corrected chi connectivity index (χ0v) is 11.5. The summed E-state index contributed by atoms with van der Waals surface area (Å²) >= 11 is 0. The van der Waals surface area contributed by atoms with E-state index >= 15 is 0 Å². The first-order valence-corrected chi connectivity index (χ1v) is 6.97. The Morgan fingerprint density at radius 2 is 1.95 bits per heavy atom. The van der Waals surface area contributed by atoms with Gasteiger partial charge in [-0.3, -0.25) is 4.90 Å². The highest BCUT2D eigenvalue weighted by Crippen LogP contribution is 2.09. The molecule has 4 heteroatoms. The molecule has 1 fully saturated rings. The van der Waals surface area contributed by atoms with E-state index < -0.39 is 0 Å². The third kappa shape index (κ3) is 4.24. The van der Waals surface area contributed by atoms with E-state index in [4.69, 9.17) is 4.74 Å². The Hall–Kier alpha value is -1.55. The zero-order chi connectivity index (χ0) is 13.5. The van der Waals surface area contributed by atoms with Gasteiger partial charge in [0, 0.05) is 32.7 Å². The second kappa shape index (κ2) is 7.14. The summed E-state index contributed by atoms with van der Waals surface area (Å²) in [6.07, 6.45) is 0.829. The van der Waals surface area contributed by atoms with E-state index in [1.807, 2.05) is 17.9 Å². The molecule has 0 atom stereocenters. The molecule has 19 heavy (non-hydrogen) atoms. The largest absolute Gasteiger partial charge is 0.450 e. The van der Waals surface area contributed by atoms with Gasteiger partial charge >= 0.3 is 6.09 Å². The molecular formula is C15H22N2O2. The summed E-state index contributed by atoms with van der Waals surface area (Å²) in [5, 5.41) is 0. The van der Waals surface area contributed by atoms with Crippen molar-refractivity contribution in [1.82, 2.24) is 9.80 Å². The third-order valence-corrected chi connectivity index (χ3v) is 3.36. The summed E-state index contributed by atoms with van der Waals surface area (Å²) in [7, 11) is 0. The van der Waals surface area contributed by atoms with E-state index in [1.165, 1.54) is 5.56 Å². The van der Waals surface area contributed by atoms with Gasteiger partial charge in [-0.05, 0) is 18.9 Å². The number of rotatable bonds is 3. The van der Waals surface area contributed by atoms with Crippen molar-refractivity contribution in [1.29, 1.82) is 0 Å². The Labute approximate surface area is 115 Å². The highest BCUT2D eigenvalue weighted by molar-refractivity contribution is 5.67. The normalized spacial score (nSPS) is 17.0. The lowest BCUT2D eigenvalue weighted by Crippen LogP contribution is -2.35. The van der Waals surface area contributed by atoms with Crippen molar-refractivity contribution in [2.24, 2.45) is 0 Å². The van der Waals surface area contributed by atoms with Gasteiger partial charge in [-0.15, -0.1) is 0 Å². The van der Waals surface area contributed by atoms with Gasteiger partial charge in [0.25, 0.3) is 0 Å². The van der Waals surface area contributed by atoms with Crippen LogP contribution in [0, 0.1) is 0 Å². The molecule has 1 saturated heterocycles. The van der Waals surface area contributed by atoms with Crippen molar-refractivity contribution >= 4 is 6.09 Å². The number of nitrogens with zero attached hydrogens (tertiary/aromatic N) is 2. The smallest absolute Gasteiger partial charge is 0.409 e. The van der Waals surface area contributed by atoms with E-state index in [-0.39, 0.29) is 6.09 Å². The van der Waals surface area contributed by atoms with Gasteiger partial charge in [0.2, 0.25) is 0 Å². The number of amides is 1. The molecular weight excluding hydrogens is 240 g/mol. The number of hydrogen-bond donors (Lipinski definition) is 0. The van der Waals surface area contributed by atoms with Crippen molar-refractivity contribution < 1.29 is 9.53 Å². The van der Waals surface area contributed by atoms with Gasteiger partial charge in [-0.25, -0.2) is 4.79 Å². The van der Waals surface area contributed by atoms with Crippen LogP contribution in [0.15, 0.2) is 30.3 Å². The minimum atomic E-state index is -0.177. The van der Waals surface area contributed by atoms with Crippen LogP contribution in [0.3, 0.4) is 0 Å². The highest BCUT2D eigenvalue weighted by atomic mass is 16.6. The quantitative estimate of drug-likeness (QED) is 0.838. The Morgan fingerprint density at radius 3 is 2.68 bits per heavy atom. The lowest BCUT2D eigenvalue weighted by molar-refractivity contribution is 0.108. The molecule has 104 valence electrons. The second-order valence-corrected chi connectivity index (χ2v) is 4.80. The van der Waals surface area contributed by atoms with Gasteiger partial charge < -0.3 is 9.64 Å². The average Bonchev–Trinajstić information content (AvgIpc) is 2.66. The van der Waals surface area contributed by atoms with Crippen LogP contribution in [0.25, 0.3) is 0 Å². The van der Waals surface area contributed by atoms with E-state index in [2.05, 4.69) is 29.2 Å². The van der Waals surface area contributed by atoms with Crippen molar-refractivity contribution in [2.75, 3.05) is 32.8 Å². The fourth-order valence-corrected chi connectivity index (χ4v) is 2.37. The molecule has 1 aromatic rings. The first-order chi connectivity index (χ1) is 9.29. The van der Waals surface area contributed by atoms with Crippen LogP contribution in [0.5, 0.6) is 0 Å². The molecule has 2 rings (SSSR count). The van der Waals surface area contributed by atoms with Crippen LogP contribution in [0.2, 0.25) is 0 Å². The number of carbonyl (C=O) groups excluding carboxylic acids is 1. The summed E-state index contributed by atoms with van der Waals surface area (Å²) in [5.41, 5.74) is 1.33. The summed E-state index contributed by atoms with van der Waals surface area (Å²) in [6, 6.07) is 10.5. The van der Waals surface area contributed by atoms with Gasteiger partial charge in [0.1, 0.15) is 0 Å². The van der Waals surface area contributed by atoms with E-state index in [0.29, 0.717) is 6.61 Å². The third-order valence-electron chi connectivity index (χ3n) is 3.36. The van der Waals surface area contributed by atoms with Crippen LogP contribution in [-0.4, -0.2) is 48.7 Å². The number of carbonyl (C=O) groups is 1. The number of ether oxygens (including phenoxy) is 1. The van der Waals surface area contributed by atoms with Crippen molar-refractivity contribution in [3.63, 3.8) is 0 Å². The second-order valence-electron chi connectivity index (χ2n) is 4.80. The first kappa shape index (κ1) is 13.9. The van der Waals surface area contributed by atoms with Crippen molar-refractivity contribution in [3.05, 3.63) is 35.9 Å². The maximum Gasteiger partial charge on any atom is 0.409 e. The molecule has 0 aromatic heterocycles.